The lowest BCUT2D eigenvalue weighted by Gasteiger charge is -2.09. The van der Waals surface area contributed by atoms with Crippen LogP contribution in [0.2, 0.25) is 0 Å². The normalized spacial score (nSPS) is 10.9. The summed E-state index contributed by atoms with van der Waals surface area (Å²) in [5.41, 5.74) is 0.748. The summed E-state index contributed by atoms with van der Waals surface area (Å²) in [4.78, 5) is 32.5. The number of carbonyl (C=O) groups is 2. The van der Waals surface area contributed by atoms with E-state index in [1.165, 1.54) is 0 Å². The van der Waals surface area contributed by atoms with E-state index in [0.717, 1.165) is 47.1 Å². The Bertz CT molecular complexity index is 811. The second-order valence-corrected chi connectivity index (χ2v) is 7.45. The Hall–Kier alpha value is -2.36. The minimum absolute atomic E-state index is 0.0854. The van der Waals surface area contributed by atoms with Crippen LogP contribution in [0.1, 0.15) is 46.5 Å². The van der Waals surface area contributed by atoms with E-state index in [1.807, 2.05) is 0 Å². The molecule has 9 nitrogen and oxygen atoms in total. The lowest BCUT2D eigenvalue weighted by atomic mass is 10.3. The molecule has 0 fully saturated rings. The quantitative estimate of drug-likeness (QED) is 0.288. The number of carbonyl (C=O) groups excluding carboxylic acids is 2. The Morgan fingerprint density at radius 2 is 1.97 bits per heavy atom. The van der Waals surface area contributed by atoms with Crippen LogP contribution in [0.15, 0.2) is 11.4 Å². The third-order valence-corrected chi connectivity index (χ3v) is 5.01. The van der Waals surface area contributed by atoms with Crippen LogP contribution in [-0.4, -0.2) is 57.1 Å². The Balaban J connectivity index is 2.01. The molecular formula is C19H30N6O3S. The monoisotopic (exact) mass is 422 g/mol. The summed E-state index contributed by atoms with van der Waals surface area (Å²) >= 11 is 1.62. The fraction of sp³-hybridized carbons (Fsp3) is 0.632. The third kappa shape index (κ3) is 7.19. The number of hydrogen-bond donors (Lipinski definition) is 2. The topological polar surface area (TPSA) is 111 Å². The van der Waals surface area contributed by atoms with Crippen LogP contribution in [0.25, 0.3) is 11.0 Å². The second kappa shape index (κ2) is 12.3. The number of anilines is 1. The molecular weight excluding hydrogens is 392 g/mol. The molecule has 1 amide bonds. The van der Waals surface area contributed by atoms with Crippen LogP contribution in [0.4, 0.5) is 5.82 Å². The summed E-state index contributed by atoms with van der Waals surface area (Å²) < 4.78 is 6.60. The van der Waals surface area contributed by atoms with E-state index in [1.54, 1.807) is 29.6 Å². The molecule has 0 unspecified atom stereocenters. The van der Waals surface area contributed by atoms with E-state index < -0.39 is 0 Å². The smallest absolute Gasteiger partial charge is 0.306 e. The predicted molar refractivity (Wildman–Crippen MR) is 114 cm³/mol. The SMILES string of the molecule is CCCNc1nc(SCCC)nc2c1cnn2CCNC(=O)CCC(=O)OCC. The molecule has 0 spiro atoms. The van der Waals surface area contributed by atoms with Crippen LogP contribution in [0.5, 0.6) is 0 Å². The van der Waals surface area contributed by atoms with Crippen molar-refractivity contribution in [3.05, 3.63) is 6.20 Å². The largest absolute Gasteiger partial charge is 0.466 e. The van der Waals surface area contributed by atoms with Crippen LogP contribution in [0.3, 0.4) is 0 Å². The number of rotatable bonds is 13. The number of amides is 1. The molecule has 2 heterocycles. The first-order valence-corrected chi connectivity index (χ1v) is 11.1. The molecule has 160 valence electrons. The van der Waals surface area contributed by atoms with Crippen molar-refractivity contribution in [3.8, 4) is 0 Å². The van der Waals surface area contributed by atoms with Gasteiger partial charge in [-0.25, -0.2) is 14.6 Å². The van der Waals surface area contributed by atoms with Gasteiger partial charge in [-0.2, -0.15) is 5.10 Å². The van der Waals surface area contributed by atoms with Crippen LogP contribution in [-0.2, 0) is 20.9 Å². The zero-order chi connectivity index (χ0) is 21.1. The molecule has 0 saturated carbocycles. The maximum atomic E-state index is 11.9. The van der Waals surface area contributed by atoms with Gasteiger partial charge in [0.05, 0.1) is 31.2 Å². The van der Waals surface area contributed by atoms with Crippen molar-refractivity contribution >= 4 is 40.5 Å². The molecule has 29 heavy (non-hydrogen) atoms. The fourth-order valence-corrected chi connectivity index (χ4v) is 3.27. The highest BCUT2D eigenvalue weighted by Crippen LogP contribution is 2.24. The molecule has 0 aliphatic carbocycles. The van der Waals surface area contributed by atoms with Gasteiger partial charge in [-0.15, -0.1) is 0 Å². The molecule has 0 aromatic carbocycles. The lowest BCUT2D eigenvalue weighted by Crippen LogP contribution is -2.28. The Morgan fingerprint density at radius 3 is 2.69 bits per heavy atom. The maximum absolute atomic E-state index is 11.9. The summed E-state index contributed by atoms with van der Waals surface area (Å²) in [5.74, 6) is 1.19. The van der Waals surface area contributed by atoms with E-state index in [9.17, 15) is 9.59 Å². The molecule has 2 aromatic rings. The number of thioether (sulfide) groups is 1. The van der Waals surface area contributed by atoms with Crippen molar-refractivity contribution in [2.24, 2.45) is 0 Å². The fourth-order valence-electron chi connectivity index (χ4n) is 2.57. The number of nitrogens with zero attached hydrogens (tertiary/aromatic N) is 4. The third-order valence-electron chi connectivity index (χ3n) is 3.96. The van der Waals surface area contributed by atoms with Gasteiger partial charge in [0.1, 0.15) is 5.82 Å². The van der Waals surface area contributed by atoms with Gasteiger partial charge in [0, 0.05) is 25.3 Å². The molecule has 10 heteroatoms. The van der Waals surface area contributed by atoms with E-state index >= 15 is 0 Å². The Morgan fingerprint density at radius 1 is 1.14 bits per heavy atom. The van der Waals surface area contributed by atoms with Gasteiger partial charge in [-0.05, 0) is 19.8 Å². The number of ether oxygens (including phenoxy) is 1. The summed E-state index contributed by atoms with van der Waals surface area (Å²) in [5, 5.41) is 12.2. The average Bonchev–Trinajstić information content (AvgIpc) is 3.12. The minimum Gasteiger partial charge on any atom is -0.466 e. The number of aromatic nitrogens is 4. The first-order chi connectivity index (χ1) is 14.1. The standard InChI is InChI=1S/C19H30N6O3S/c1-4-9-21-17-14-13-22-25(18(14)24-19(23-17)29-12-5-2)11-10-20-15(26)7-8-16(27)28-6-3/h13H,4-12H2,1-3H3,(H,20,26)(H,21,23,24). The van der Waals surface area contributed by atoms with Gasteiger partial charge in [0.25, 0.3) is 0 Å². The highest BCUT2D eigenvalue weighted by Gasteiger charge is 2.13. The zero-order valence-corrected chi connectivity index (χ0v) is 18.2. The van der Waals surface area contributed by atoms with Gasteiger partial charge in [0.15, 0.2) is 10.8 Å². The number of fused-ring (bicyclic) bond motifs is 1. The van der Waals surface area contributed by atoms with Crippen LogP contribution < -0.4 is 10.6 Å². The van der Waals surface area contributed by atoms with E-state index in [4.69, 9.17) is 4.74 Å². The first-order valence-electron chi connectivity index (χ1n) is 10.1. The molecule has 0 atom stereocenters. The molecule has 2 rings (SSSR count). The van der Waals surface area contributed by atoms with Crippen LogP contribution >= 0.6 is 11.8 Å². The van der Waals surface area contributed by atoms with Crippen molar-refractivity contribution in [1.29, 1.82) is 0 Å². The van der Waals surface area contributed by atoms with E-state index in [2.05, 4.69) is 39.5 Å². The summed E-state index contributed by atoms with van der Waals surface area (Å²) in [6.07, 6.45) is 3.99. The molecule has 0 saturated heterocycles. The number of nitrogens with one attached hydrogen (secondary N) is 2. The van der Waals surface area contributed by atoms with Gasteiger partial charge in [-0.1, -0.05) is 25.6 Å². The van der Waals surface area contributed by atoms with E-state index in [0.29, 0.717) is 19.7 Å². The average molecular weight is 423 g/mol. The summed E-state index contributed by atoms with van der Waals surface area (Å²) in [6, 6.07) is 0. The maximum Gasteiger partial charge on any atom is 0.306 e. The summed E-state index contributed by atoms with van der Waals surface area (Å²) in [6.45, 7) is 8.00. The Kier molecular flexibility index (Phi) is 9.69. The van der Waals surface area contributed by atoms with Crippen molar-refractivity contribution in [1.82, 2.24) is 25.1 Å². The second-order valence-electron chi connectivity index (χ2n) is 6.39. The molecule has 2 N–H and O–H groups in total. The molecule has 0 aliphatic heterocycles. The molecule has 0 aliphatic rings. The van der Waals surface area contributed by atoms with Crippen LogP contribution in [0, 0.1) is 0 Å². The van der Waals surface area contributed by atoms with Crippen molar-refractivity contribution in [2.45, 2.75) is 58.2 Å². The minimum atomic E-state index is -0.360. The zero-order valence-electron chi connectivity index (χ0n) is 17.4. The van der Waals surface area contributed by atoms with Crippen molar-refractivity contribution in [3.63, 3.8) is 0 Å². The highest BCUT2D eigenvalue weighted by molar-refractivity contribution is 7.99. The molecule has 2 aromatic heterocycles. The number of esters is 1. The predicted octanol–water partition coefficient (Wildman–Crippen LogP) is 2.61. The van der Waals surface area contributed by atoms with Crippen molar-refractivity contribution < 1.29 is 14.3 Å². The van der Waals surface area contributed by atoms with Gasteiger partial charge < -0.3 is 15.4 Å². The van der Waals surface area contributed by atoms with Gasteiger partial charge >= 0.3 is 5.97 Å². The van der Waals surface area contributed by atoms with Gasteiger partial charge in [-0.3, -0.25) is 9.59 Å². The molecule has 0 radical (unpaired) electrons. The first kappa shape index (κ1) is 22.9. The summed E-state index contributed by atoms with van der Waals surface area (Å²) in [7, 11) is 0. The number of hydrogen-bond acceptors (Lipinski definition) is 8. The molecule has 0 bridgehead atoms. The van der Waals surface area contributed by atoms with Gasteiger partial charge in [0.2, 0.25) is 5.91 Å². The highest BCUT2D eigenvalue weighted by atomic mass is 32.2. The van der Waals surface area contributed by atoms with E-state index in [-0.39, 0.29) is 24.7 Å². The van der Waals surface area contributed by atoms with Crippen molar-refractivity contribution in [2.75, 3.05) is 30.8 Å². The Labute approximate surface area is 175 Å². The lowest BCUT2D eigenvalue weighted by molar-refractivity contribution is -0.144.